The van der Waals surface area contributed by atoms with Gasteiger partial charge < -0.3 is 10.1 Å². The van der Waals surface area contributed by atoms with Gasteiger partial charge in [0, 0.05) is 0 Å². The molecule has 13 heavy (non-hydrogen) atoms. The molecule has 0 saturated heterocycles. The molecule has 1 saturated carbocycles. The fraction of sp³-hybridized carbons (Fsp3) is 0.700. The molecule has 1 aliphatic heterocycles. The average molecular weight is 181 g/mol. The molecule has 1 amide bonds. The lowest BCUT2D eigenvalue weighted by atomic mass is 9.99. The van der Waals surface area contributed by atoms with Gasteiger partial charge in [0.05, 0.1) is 5.70 Å². The molecular weight excluding hydrogens is 166 g/mol. The van der Waals surface area contributed by atoms with Crippen molar-refractivity contribution in [2.45, 2.75) is 45.1 Å². The summed E-state index contributed by atoms with van der Waals surface area (Å²) >= 11 is 0. The zero-order valence-electron chi connectivity index (χ0n) is 8.14. The summed E-state index contributed by atoms with van der Waals surface area (Å²) in [5, 5.41) is 2.88. The summed E-state index contributed by atoms with van der Waals surface area (Å²) in [4.78, 5) is 11.7. The van der Waals surface area contributed by atoms with Crippen LogP contribution in [0.15, 0.2) is 11.5 Å². The number of carbonyl (C=O) groups is 1. The van der Waals surface area contributed by atoms with Crippen LogP contribution in [0.5, 0.6) is 0 Å². The zero-order chi connectivity index (χ0) is 9.47. The van der Waals surface area contributed by atoms with Gasteiger partial charge in [-0.1, -0.05) is 0 Å². The van der Waals surface area contributed by atoms with E-state index in [1.165, 1.54) is 0 Å². The van der Waals surface area contributed by atoms with Crippen molar-refractivity contribution in [2.24, 2.45) is 0 Å². The second kappa shape index (κ2) is 2.76. The summed E-state index contributed by atoms with van der Waals surface area (Å²) in [7, 11) is 0. The molecule has 1 aliphatic carbocycles. The van der Waals surface area contributed by atoms with E-state index in [1.807, 2.05) is 13.8 Å². The van der Waals surface area contributed by atoms with E-state index in [0.717, 1.165) is 37.1 Å². The zero-order valence-corrected chi connectivity index (χ0v) is 8.14. The first-order valence-electron chi connectivity index (χ1n) is 4.82. The summed E-state index contributed by atoms with van der Waals surface area (Å²) in [6, 6.07) is 0. The van der Waals surface area contributed by atoms with E-state index < -0.39 is 5.60 Å². The highest BCUT2D eigenvalue weighted by Crippen LogP contribution is 2.37. The van der Waals surface area contributed by atoms with E-state index >= 15 is 0 Å². The Labute approximate surface area is 78.1 Å². The van der Waals surface area contributed by atoms with Crippen LogP contribution in [0, 0.1) is 0 Å². The van der Waals surface area contributed by atoms with Crippen LogP contribution >= 0.6 is 0 Å². The Morgan fingerprint density at radius 2 is 1.92 bits per heavy atom. The molecule has 1 heterocycles. The third-order valence-corrected chi connectivity index (χ3v) is 3.00. The van der Waals surface area contributed by atoms with E-state index in [2.05, 4.69) is 5.32 Å². The third-order valence-electron chi connectivity index (χ3n) is 3.00. The fourth-order valence-corrected chi connectivity index (χ4v) is 2.06. The standard InChI is InChI=1S/C10H15NO2/c1-7-8(2)13-10(9(12)11-7)5-3-4-6-10/h3-6H2,1-2H3,(H,11,12). The molecule has 0 aromatic rings. The van der Waals surface area contributed by atoms with Crippen molar-refractivity contribution in [3.63, 3.8) is 0 Å². The SMILES string of the molecule is CC1=C(C)OC2(CCCC2)C(=O)N1. The molecule has 0 radical (unpaired) electrons. The van der Waals surface area contributed by atoms with Crippen LogP contribution in [0.1, 0.15) is 39.5 Å². The van der Waals surface area contributed by atoms with Gasteiger partial charge in [-0.25, -0.2) is 0 Å². The fourth-order valence-electron chi connectivity index (χ4n) is 2.06. The molecule has 0 aromatic heterocycles. The van der Waals surface area contributed by atoms with Crippen molar-refractivity contribution >= 4 is 5.91 Å². The Bertz CT molecular complexity index is 275. The van der Waals surface area contributed by atoms with Crippen LogP contribution in [0.3, 0.4) is 0 Å². The maximum absolute atomic E-state index is 11.7. The van der Waals surface area contributed by atoms with Crippen LogP contribution in [0.2, 0.25) is 0 Å². The molecule has 0 unspecified atom stereocenters. The van der Waals surface area contributed by atoms with Crippen LogP contribution in [0.4, 0.5) is 0 Å². The maximum Gasteiger partial charge on any atom is 0.268 e. The van der Waals surface area contributed by atoms with Gasteiger partial charge >= 0.3 is 0 Å². The number of amides is 1. The van der Waals surface area contributed by atoms with Gasteiger partial charge in [-0.3, -0.25) is 4.79 Å². The molecule has 2 aliphatic rings. The number of carbonyl (C=O) groups excluding carboxylic acids is 1. The predicted molar refractivity (Wildman–Crippen MR) is 48.8 cm³/mol. The van der Waals surface area contributed by atoms with Gasteiger partial charge in [-0.05, 0) is 39.5 Å². The number of allylic oxidation sites excluding steroid dienone is 2. The quantitative estimate of drug-likeness (QED) is 0.617. The van der Waals surface area contributed by atoms with E-state index in [4.69, 9.17) is 4.74 Å². The van der Waals surface area contributed by atoms with Crippen molar-refractivity contribution in [1.29, 1.82) is 0 Å². The minimum atomic E-state index is -0.524. The summed E-state index contributed by atoms with van der Waals surface area (Å²) in [5.74, 6) is 0.912. The molecule has 0 aromatic carbocycles. The van der Waals surface area contributed by atoms with Crippen LogP contribution in [-0.2, 0) is 9.53 Å². The monoisotopic (exact) mass is 181 g/mol. The second-order valence-corrected chi connectivity index (χ2v) is 3.94. The first kappa shape index (κ1) is 8.60. The molecule has 0 atom stereocenters. The number of hydrogen-bond donors (Lipinski definition) is 1. The van der Waals surface area contributed by atoms with Crippen molar-refractivity contribution in [2.75, 3.05) is 0 Å². The minimum Gasteiger partial charge on any atom is -0.480 e. The first-order chi connectivity index (χ1) is 6.14. The molecule has 3 heteroatoms. The highest BCUT2D eigenvalue weighted by molar-refractivity contribution is 5.88. The number of rotatable bonds is 0. The minimum absolute atomic E-state index is 0.0492. The van der Waals surface area contributed by atoms with Gasteiger partial charge in [0.15, 0.2) is 5.60 Å². The van der Waals surface area contributed by atoms with Crippen LogP contribution < -0.4 is 5.32 Å². The Kier molecular flexibility index (Phi) is 1.82. The molecule has 2 rings (SSSR count). The summed E-state index contributed by atoms with van der Waals surface area (Å²) in [5.41, 5.74) is 0.325. The molecule has 1 fully saturated rings. The number of ether oxygens (including phenoxy) is 1. The normalized spacial score (nSPS) is 26.2. The van der Waals surface area contributed by atoms with Crippen molar-refractivity contribution in [1.82, 2.24) is 5.32 Å². The molecule has 72 valence electrons. The van der Waals surface area contributed by atoms with Crippen molar-refractivity contribution in [3.8, 4) is 0 Å². The summed E-state index contributed by atoms with van der Waals surface area (Å²) < 4.78 is 5.73. The Hall–Kier alpha value is -0.990. The predicted octanol–water partition coefficient (Wildman–Crippen LogP) is 1.70. The van der Waals surface area contributed by atoms with Gasteiger partial charge in [-0.15, -0.1) is 0 Å². The van der Waals surface area contributed by atoms with Gasteiger partial charge in [0.1, 0.15) is 5.76 Å². The molecule has 0 bridgehead atoms. The smallest absolute Gasteiger partial charge is 0.268 e. The van der Waals surface area contributed by atoms with E-state index in [0.29, 0.717) is 0 Å². The lowest BCUT2D eigenvalue weighted by Crippen LogP contribution is -2.49. The lowest BCUT2D eigenvalue weighted by Gasteiger charge is -2.34. The van der Waals surface area contributed by atoms with E-state index in [-0.39, 0.29) is 5.91 Å². The highest BCUT2D eigenvalue weighted by Gasteiger charge is 2.45. The van der Waals surface area contributed by atoms with Gasteiger partial charge in [-0.2, -0.15) is 0 Å². The van der Waals surface area contributed by atoms with Gasteiger partial charge in [0.2, 0.25) is 0 Å². The van der Waals surface area contributed by atoms with Crippen molar-refractivity contribution < 1.29 is 9.53 Å². The van der Waals surface area contributed by atoms with Crippen LogP contribution in [0.25, 0.3) is 0 Å². The highest BCUT2D eigenvalue weighted by atomic mass is 16.5. The van der Waals surface area contributed by atoms with E-state index in [1.54, 1.807) is 0 Å². The Balaban J connectivity index is 2.28. The maximum atomic E-state index is 11.7. The first-order valence-corrected chi connectivity index (χ1v) is 4.82. The van der Waals surface area contributed by atoms with E-state index in [9.17, 15) is 4.79 Å². The molecule has 1 spiro atoms. The molecule has 3 nitrogen and oxygen atoms in total. The topological polar surface area (TPSA) is 38.3 Å². The summed E-state index contributed by atoms with van der Waals surface area (Å²) in [6.07, 6.45) is 3.92. The lowest BCUT2D eigenvalue weighted by molar-refractivity contribution is -0.143. The number of hydrogen-bond acceptors (Lipinski definition) is 2. The Morgan fingerprint density at radius 1 is 1.31 bits per heavy atom. The largest absolute Gasteiger partial charge is 0.480 e. The summed E-state index contributed by atoms with van der Waals surface area (Å²) in [6.45, 7) is 3.78. The van der Waals surface area contributed by atoms with Gasteiger partial charge in [0.25, 0.3) is 5.91 Å². The average Bonchev–Trinajstić information content (AvgIpc) is 2.51. The Morgan fingerprint density at radius 3 is 2.54 bits per heavy atom. The second-order valence-electron chi connectivity index (χ2n) is 3.94. The van der Waals surface area contributed by atoms with Crippen LogP contribution in [-0.4, -0.2) is 11.5 Å². The molecular formula is C10H15NO2. The number of nitrogens with one attached hydrogen (secondary N) is 1. The molecule has 1 N–H and O–H groups in total. The third kappa shape index (κ3) is 1.23. The van der Waals surface area contributed by atoms with Crippen molar-refractivity contribution in [3.05, 3.63) is 11.5 Å².